The molecule has 0 unspecified atom stereocenters. The minimum Gasteiger partial charge on any atom is -0.268 e. The van der Waals surface area contributed by atoms with Crippen molar-refractivity contribution in [3.8, 4) is 0 Å². The maximum Gasteiger partial charge on any atom is 0.333 e. The van der Waals surface area contributed by atoms with E-state index in [0.717, 1.165) is 9.80 Å². The first-order valence-electron chi connectivity index (χ1n) is 7.01. The molecule has 20 heavy (non-hydrogen) atoms. The van der Waals surface area contributed by atoms with E-state index in [1.807, 2.05) is 0 Å². The topological polar surface area (TPSA) is 57.7 Å². The maximum atomic E-state index is 11.9. The summed E-state index contributed by atoms with van der Waals surface area (Å²) in [7, 11) is 2.76. The van der Waals surface area contributed by atoms with Crippen molar-refractivity contribution >= 4 is 17.8 Å². The van der Waals surface area contributed by atoms with E-state index >= 15 is 0 Å². The Balaban J connectivity index is 2.11. The van der Waals surface area contributed by atoms with E-state index in [1.165, 1.54) is 52.3 Å². The van der Waals surface area contributed by atoms with Crippen LogP contribution >= 0.6 is 0 Å². The van der Waals surface area contributed by atoms with Crippen molar-refractivity contribution in [2.24, 2.45) is 5.92 Å². The summed E-state index contributed by atoms with van der Waals surface area (Å²) in [6.07, 6.45) is 11.5. The van der Waals surface area contributed by atoms with Crippen molar-refractivity contribution in [1.29, 1.82) is 0 Å². The van der Waals surface area contributed by atoms with Crippen LogP contribution < -0.4 is 0 Å². The van der Waals surface area contributed by atoms with Gasteiger partial charge in [-0.2, -0.15) is 0 Å². The van der Waals surface area contributed by atoms with Gasteiger partial charge in [-0.1, -0.05) is 31.4 Å². The second kappa shape index (κ2) is 6.03. The summed E-state index contributed by atoms with van der Waals surface area (Å²) in [6, 6.07) is -0.589. The van der Waals surface area contributed by atoms with Gasteiger partial charge in [0.1, 0.15) is 5.57 Å². The highest BCUT2D eigenvalue weighted by molar-refractivity contribution is 6.28. The Morgan fingerprint density at radius 3 is 2.05 bits per heavy atom. The van der Waals surface area contributed by atoms with Crippen LogP contribution in [0.4, 0.5) is 4.79 Å². The molecule has 0 N–H and O–H groups in total. The molecule has 2 fully saturated rings. The lowest BCUT2D eigenvalue weighted by atomic mass is 9.89. The second-order valence-electron chi connectivity index (χ2n) is 5.37. The van der Waals surface area contributed by atoms with E-state index in [0.29, 0.717) is 5.92 Å². The Labute approximate surface area is 118 Å². The van der Waals surface area contributed by atoms with Gasteiger partial charge in [0, 0.05) is 14.1 Å². The van der Waals surface area contributed by atoms with Crippen molar-refractivity contribution in [2.45, 2.75) is 32.1 Å². The Morgan fingerprint density at radius 2 is 1.50 bits per heavy atom. The molecule has 1 heterocycles. The van der Waals surface area contributed by atoms with E-state index < -0.39 is 17.8 Å². The summed E-state index contributed by atoms with van der Waals surface area (Å²) in [5.41, 5.74) is 0.0432. The quantitative estimate of drug-likeness (QED) is 0.573. The molecule has 5 nitrogen and oxygen atoms in total. The highest BCUT2D eigenvalue weighted by Gasteiger charge is 2.37. The van der Waals surface area contributed by atoms with E-state index in [2.05, 4.69) is 6.08 Å². The lowest BCUT2D eigenvalue weighted by molar-refractivity contribution is -0.134. The molecule has 108 valence electrons. The number of likely N-dealkylation sites (N-methyl/N-ethyl adjacent to an activating group) is 2. The average Bonchev–Trinajstić information content (AvgIpc) is 2.48. The molecule has 0 aromatic heterocycles. The van der Waals surface area contributed by atoms with Crippen molar-refractivity contribution < 1.29 is 14.4 Å². The van der Waals surface area contributed by atoms with E-state index in [1.54, 1.807) is 6.08 Å². The summed E-state index contributed by atoms with van der Waals surface area (Å²) in [6.45, 7) is 0. The molecule has 0 spiro atoms. The lowest BCUT2D eigenvalue weighted by Crippen LogP contribution is -2.52. The Bertz CT molecular complexity index is 461. The first kappa shape index (κ1) is 14.5. The molecule has 1 aliphatic carbocycles. The molecule has 4 amide bonds. The van der Waals surface area contributed by atoms with Gasteiger partial charge in [-0.25, -0.2) is 4.79 Å². The summed E-state index contributed by atoms with van der Waals surface area (Å²) < 4.78 is 0. The van der Waals surface area contributed by atoms with Crippen LogP contribution in [0.1, 0.15) is 32.1 Å². The largest absolute Gasteiger partial charge is 0.333 e. The zero-order valence-corrected chi connectivity index (χ0v) is 12.0. The molecule has 5 heteroatoms. The number of hydrogen-bond acceptors (Lipinski definition) is 3. The molecule has 2 rings (SSSR count). The van der Waals surface area contributed by atoms with Gasteiger partial charge >= 0.3 is 6.03 Å². The zero-order chi connectivity index (χ0) is 14.7. The van der Waals surface area contributed by atoms with E-state index in [4.69, 9.17) is 0 Å². The van der Waals surface area contributed by atoms with Gasteiger partial charge in [-0.05, 0) is 24.8 Å². The molecule has 1 saturated heterocycles. The van der Waals surface area contributed by atoms with Gasteiger partial charge in [0.2, 0.25) is 0 Å². The number of amides is 4. The Morgan fingerprint density at radius 1 is 0.950 bits per heavy atom. The van der Waals surface area contributed by atoms with E-state index in [-0.39, 0.29) is 5.57 Å². The molecule has 1 saturated carbocycles. The fraction of sp³-hybridized carbons (Fsp3) is 0.533. The molecule has 0 bridgehead atoms. The van der Waals surface area contributed by atoms with E-state index in [9.17, 15) is 14.4 Å². The first-order valence-corrected chi connectivity index (χ1v) is 7.01. The minimum absolute atomic E-state index is 0.0432. The molecule has 0 atom stereocenters. The standard InChI is InChI=1S/C15H20N2O3/c1-16-13(18)12(14(19)17(2)15(16)20)10-6-9-11-7-4-3-5-8-11/h6,9-11H,3-5,7-8H2,1-2H3. The number of rotatable bonds is 2. The van der Waals surface area contributed by atoms with Crippen LogP contribution in [-0.4, -0.2) is 41.7 Å². The lowest BCUT2D eigenvalue weighted by Gasteiger charge is -2.28. The third-order valence-electron chi connectivity index (χ3n) is 3.94. The number of carbonyl (C=O) groups excluding carboxylic acids is 3. The smallest absolute Gasteiger partial charge is 0.268 e. The highest BCUT2D eigenvalue weighted by atomic mass is 16.2. The zero-order valence-electron chi connectivity index (χ0n) is 12.0. The minimum atomic E-state index is -0.589. The third kappa shape index (κ3) is 2.81. The van der Waals surface area contributed by atoms with Gasteiger partial charge in [-0.3, -0.25) is 19.4 Å². The Hall–Kier alpha value is -1.91. The number of allylic oxidation sites excluding steroid dienone is 3. The summed E-state index contributed by atoms with van der Waals surface area (Å²) in [5, 5.41) is 0. The van der Waals surface area contributed by atoms with Crippen molar-refractivity contribution in [3.63, 3.8) is 0 Å². The fourth-order valence-electron chi connectivity index (χ4n) is 2.63. The number of imide groups is 2. The molecule has 0 aromatic rings. The van der Waals surface area contributed by atoms with Crippen LogP contribution in [0.2, 0.25) is 0 Å². The molecular formula is C15H20N2O3. The number of barbiturate groups is 1. The van der Waals surface area contributed by atoms with Crippen molar-refractivity contribution in [2.75, 3.05) is 14.1 Å². The SMILES string of the molecule is CN1C(=O)C(=CC=CC2CCCCC2)C(=O)N(C)C1=O. The summed E-state index contributed by atoms with van der Waals surface area (Å²) in [5.74, 6) is -0.538. The van der Waals surface area contributed by atoms with Gasteiger partial charge in [-0.15, -0.1) is 0 Å². The van der Waals surface area contributed by atoms with Crippen LogP contribution in [0, 0.1) is 5.92 Å². The summed E-state index contributed by atoms with van der Waals surface area (Å²) in [4.78, 5) is 37.4. The second-order valence-corrected chi connectivity index (χ2v) is 5.37. The predicted molar refractivity (Wildman–Crippen MR) is 74.7 cm³/mol. The highest BCUT2D eigenvalue weighted by Crippen LogP contribution is 2.24. The summed E-state index contributed by atoms with van der Waals surface area (Å²) >= 11 is 0. The molecule has 0 radical (unpaired) electrons. The van der Waals surface area contributed by atoms with Crippen LogP contribution in [0.15, 0.2) is 23.8 Å². The van der Waals surface area contributed by atoms with Gasteiger partial charge in [0.15, 0.2) is 0 Å². The monoisotopic (exact) mass is 276 g/mol. The maximum absolute atomic E-state index is 11.9. The van der Waals surface area contributed by atoms with Crippen molar-refractivity contribution in [1.82, 2.24) is 9.80 Å². The van der Waals surface area contributed by atoms with Crippen LogP contribution in [-0.2, 0) is 9.59 Å². The van der Waals surface area contributed by atoms with Crippen molar-refractivity contribution in [3.05, 3.63) is 23.8 Å². The number of nitrogens with zero attached hydrogens (tertiary/aromatic N) is 2. The van der Waals surface area contributed by atoms with Crippen LogP contribution in [0.5, 0.6) is 0 Å². The van der Waals surface area contributed by atoms with Gasteiger partial charge in [0.05, 0.1) is 0 Å². The van der Waals surface area contributed by atoms with Gasteiger partial charge in [0.25, 0.3) is 11.8 Å². The molecule has 0 aromatic carbocycles. The third-order valence-corrected chi connectivity index (χ3v) is 3.94. The number of hydrogen-bond donors (Lipinski definition) is 0. The average molecular weight is 276 g/mol. The predicted octanol–water partition coefficient (Wildman–Crippen LogP) is 2.10. The fourth-order valence-corrected chi connectivity index (χ4v) is 2.63. The Kier molecular flexibility index (Phi) is 4.37. The normalized spacial score (nSPS) is 22.1. The van der Waals surface area contributed by atoms with Crippen LogP contribution in [0.25, 0.3) is 0 Å². The van der Waals surface area contributed by atoms with Crippen LogP contribution in [0.3, 0.4) is 0 Å². The van der Waals surface area contributed by atoms with Gasteiger partial charge < -0.3 is 0 Å². The number of carbonyl (C=O) groups is 3. The molecular weight excluding hydrogens is 256 g/mol. The molecule has 2 aliphatic rings. The number of urea groups is 1. The first-order chi connectivity index (χ1) is 9.52. The molecule has 1 aliphatic heterocycles.